The highest BCUT2D eigenvalue weighted by molar-refractivity contribution is 6.07. The van der Waals surface area contributed by atoms with Crippen LogP contribution < -0.4 is 5.32 Å². The molecule has 2 aromatic rings. The van der Waals surface area contributed by atoms with E-state index < -0.39 is 5.54 Å². The van der Waals surface area contributed by atoms with Crippen LogP contribution in [0.1, 0.15) is 42.4 Å². The minimum Gasteiger partial charge on any atom is -0.376 e. The number of hydrogen-bond acceptors (Lipinski definition) is 5. The van der Waals surface area contributed by atoms with Gasteiger partial charge in [-0.3, -0.25) is 19.5 Å². The highest BCUT2D eigenvalue weighted by atomic mass is 16.5. The summed E-state index contributed by atoms with van der Waals surface area (Å²) in [6.45, 7) is 4.04. The molecule has 0 spiro atoms. The van der Waals surface area contributed by atoms with Crippen molar-refractivity contribution in [1.29, 1.82) is 0 Å². The number of pyridine rings is 1. The molecule has 8 heteroatoms. The predicted octanol–water partition coefficient (Wildman–Crippen LogP) is 2.80. The minimum atomic E-state index is -1.17. The van der Waals surface area contributed by atoms with Crippen LogP contribution in [0, 0.1) is 12.8 Å². The number of piperidine rings is 1. The second-order valence-corrected chi connectivity index (χ2v) is 9.79. The Labute approximate surface area is 205 Å². The number of ether oxygens (including phenoxy) is 1. The average molecular weight is 477 g/mol. The largest absolute Gasteiger partial charge is 0.376 e. The molecule has 0 radical (unpaired) electrons. The van der Waals surface area contributed by atoms with Gasteiger partial charge in [0.05, 0.1) is 19.1 Å². The summed E-state index contributed by atoms with van der Waals surface area (Å²) in [4.78, 5) is 47.4. The van der Waals surface area contributed by atoms with Crippen molar-refractivity contribution in [2.45, 2.75) is 50.7 Å². The number of amides is 4. The zero-order chi connectivity index (χ0) is 24.4. The SMILES string of the molecule is Cc1ccccc1CC(=O)N1CCC([C@@]2(c3cccnc3)NC(=O)N(C[C@H]3CCCO3)C2=O)CC1. The smallest absolute Gasteiger partial charge is 0.325 e. The number of aromatic nitrogens is 1. The third kappa shape index (κ3) is 4.43. The summed E-state index contributed by atoms with van der Waals surface area (Å²) >= 11 is 0. The molecule has 2 atom stereocenters. The summed E-state index contributed by atoms with van der Waals surface area (Å²) in [6.07, 6.45) is 6.61. The highest BCUT2D eigenvalue weighted by Crippen LogP contribution is 2.41. The summed E-state index contributed by atoms with van der Waals surface area (Å²) in [5, 5.41) is 3.06. The van der Waals surface area contributed by atoms with Gasteiger partial charge >= 0.3 is 6.03 Å². The summed E-state index contributed by atoms with van der Waals surface area (Å²) in [5.74, 6) is -0.286. The number of urea groups is 1. The Morgan fingerprint density at radius 3 is 2.63 bits per heavy atom. The van der Waals surface area contributed by atoms with Crippen LogP contribution in [0.25, 0.3) is 0 Å². The van der Waals surface area contributed by atoms with Crippen molar-refractivity contribution in [3.05, 3.63) is 65.5 Å². The van der Waals surface area contributed by atoms with Crippen LogP contribution in [0.2, 0.25) is 0 Å². The molecule has 3 aliphatic rings. The molecular formula is C27H32N4O4. The first-order valence-electron chi connectivity index (χ1n) is 12.5. The molecule has 8 nitrogen and oxygen atoms in total. The maximum atomic E-state index is 13.9. The lowest BCUT2D eigenvalue weighted by atomic mass is 9.73. The van der Waals surface area contributed by atoms with Gasteiger partial charge in [-0.15, -0.1) is 0 Å². The van der Waals surface area contributed by atoms with Crippen LogP contribution in [0.5, 0.6) is 0 Å². The topological polar surface area (TPSA) is 91.8 Å². The lowest BCUT2D eigenvalue weighted by Crippen LogP contribution is -2.54. The van der Waals surface area contributed by atoms with Crippen molar-refractivity contribution in [1.82, 2.24) is 20.1 Å². The molecule has 1 aromatic carbocycles. The molecule has 4 amide bonds. The second-order valence-electron chi connectivity index (χ2n) is 9.79. The van der Waals surface area contributed by atoms with Crippen molar-refractivity contribution in [3.8, 4) is 0 Å². The van der Waals surface area contributed by atoms with E-state index >= 15 is 0 Å². The molecule has 3 aliphatic heterocycles. The summed E-state index contributed by atoms with van der Waals surface area (Å²) < 4.78 is 5.70. The Balaban J connectivity index is 1.34. The third-order valence-corrected chi connectivity index (χ3v) is 7.72. The van der Waals surface area contributed by atoms with Gasteiger partial charge in [-0.1, -0.05) is 30.3 Å². The number of carbonyl (C=O) groups excluding carboxylic acids is 3. The van der Waals surface area contributed by atoms with E-state index in [0.29, 0.717) is 44.5 Å². The highest BCUT2D eigenvalue weighted by Gasteiger charge is 2.57. The van der Waals surface area contributed by atoms with Crippen LogP contribution in [-0.4, -0.2) is 65.0 Å². The number of benzene rings is 1. The molecule has 0 saturated carbocycles. The van der Waals surface area contributed by atoms with E-state index in [2.05, 4.69) is 10.3 Å². The molecular weight excluding hydrogens is 444 g/mol. The fourth-order valence-electron chi connectivity index (χ4n) is 5.70. The van der Waals surface area contributed by atoms with Crippen LogP contribution in [-0.2, 0) is 26.3 Å². The van der Waals surface area contributed by atoms with Crippen molar-refractivity contribution < 1.29 is 19.1 Å². The van der Waals surface area contributed by atoms with Gasteiger partial charge in [0.25, 0.3) is 5.91 Å². The molecule has 5 rings (SSSR count). The number of hydrogen-bond donors (Lipinski definition) is 1. The van der Waals surface area contributed by atoms with Crippen molar-refractivity contribution in [3.63, 3.8) is 0 Å². The Morgan fingerprint density at radius 2 is 1.94 bits per heavy atom. The molecule has 3 fully saturated rings. The molecule has 1 aromatic heterocycles. The standard InChI is InChI=1S/C27H32N4O4/c1-19-6-2-3-7-20(19)16-24(32)30-13-10-21(11-14-30)27(22-8-4-12-28-17-22)25(33)31(26(34)29-27)18-23-9-5-15-35-23/h2-4,6-8,12,17,21,23H,5,9-11,13-16,18H2,1H3,(H,29,34)/t23-,27+/m1/s1. The number of nitrogens with zero attached hydrogens (tertiary/aromatic N) is 3. The fraction of sp³-hybridized carbons (Fsp3) is 0.481. The maximum Gasteiger partial charge on any atom is 0.325 e. The quantitative estimate of drug-likeness (QED) is 0.648. The van der Waals surface area contributed by atoms with E-state index in [1.807, 2.05) is 42.2 Å². The maximum absolute atomic E-state index is 13.9. The third-order valence-electron chi connectivity index (χ3n) is 7.72. The van der Waals surface area contributed by atoms with E-state index in [-0.39, 0.29) is 36.4 Å². The molecule has 0 bridgehead atoms. The first-order valence-corrected chi connectivity index (χ1v) is 12.5. The Hall–Kier alpha value is -3.26. The molecule has 184 valence electrons. The van der Waals surface area contributed by atoms with E-state index in [4.69, 9.17) is 4.74 Å². The monoisotopic (exact) mass is 476 g/mol. The zero-order valence-corrected chi connectivity index (χ0v) is 20.1. The van der Waals surface area contributed by atoms with Gasteiger partial charge in [0, 0.05) is 37.7 Å². The van der Waals surface area contributed by atoms with Gasteiger partial charge in [0.2, 0.25) is 5.91 Å². The Morgan fingerprint density at radius 1 is 1.14 bits per heavy atom. The lowest BCUT2D eigenvalue weighted by molar-refractivity contribution is -0.137. The summed E-state index contributed by atoms with van der Waals surface area (Å²) in [5.41, 5.74) is 1.67. The first-order chi connectivity index (χ1) is 17.0. The fourth-order valence-corrected chi connectivity index (χ4v) is 5.70. The molecule has 0 aliphatic carbocycles. The number of aryl methyl sites for hydroxylation is 1. The molecule has 3 saturated heterocycles. The second kappa shape index (κ2) is 9.77. The van der Waals surface area contributed by atoms with Gasteiger partial charge in [0.15, 0.2) is 5.54 Å². The van der Waals surface area contributed by atoms with Crippen LogP contribution in [0.4, 0.5) is 4.79 Å². The number of nitrogens with one attached hydrogen (secondary N) is 1. The van der Waals surface area contributed by atoms with Gasteiger partial charge < -0.3 is 15.0 Å². The van der Waals surface area contributed by atoms with Crippen molar-refractivity contribution in [2.24, 2.45) is 5.92 Å². The van der Waals surface area contributed by atoms with Crippen molar-refractivity contribution >= 4 is 17.8 Å². The first kappa shape index (κ1) is 23.5. The zero-order valence-electron chi connectivity index (χ0n) is 20.1. The van der Waals surface area contributed by atoms with Crippen LogP contribution in [0.3, 0.4) is 0 Å². The van der Waals surface area contributed by atoms with E-state index in [0.717, 1.165) is 24.0 Å². The molecule has 0 unspecified atom stereocenters. The van der Waals surface area contributed by atoms with E-state index in [9.17, 15) is 14.4 Å². The van der Waals surface area contributed by atoms with Gasteiger partial charge in [0.1, 0.15) is 0 Å². The number of likely N-dealkylation sites (tertiary alicyclic amines) is 1. The summed E-state index contributed by atoms with van der Waals surface area (Å²) in [6, 6.07) is 11.2. The van der Waals surface area contributed by atoms with Crippen LogP contribution >= 0.6 is 0 Å². The van der Waals surface area contributed by atoms with Crippen molar-refractivity contribution in [2.75, 3.05) is 26.2 Å². The van der Waals surface area contributed by atoms with Gasteiger partial charge in [-0.05, 0) is 55.7 Å². The Bertz CT molecular complexity index is 1090. The number of imide groups is 1. The summed E-state index contributed by atoms with van der Waals surface area (Å²) in [7, 11) is 0. The average Bonchev–Trinajstić information content (AvgIpc) is 3.49. The van der Waals surface area contributed by atoms with E-state index in [1.165, 1.54) is 4.90 Å². The van der Waals surface area contributed by atoms with Crippen LogP contribution in [0.15, 0.2) is 48.8 Å². The molecule has 1 N–H and O–H groups in total. The van der Waals surface area contributed by atoms with Gasteiger partial charge in [-0.25, -0.2) is 4.79 Å². The number of rotatable bonds is 6. The number of carbonyl (C=O) groups is 3. The Kier molecular flexibility index (Phi) is 6.56. The predicted molar refractivity (Wildman–Crippen MR) is 129 cm³/mol. The van der Waals surface area contributed by atoms with E-state index in [1.54, 1.807) is 18.5 Å². The molecule has 4 heterocycles. The minimum absolute atomic E-state index is 0.0926. The molecule has 35 heavy (non-hydrogen) atoms. The van der Waals surface area contributed by atoms with Gasteiger partial charge in [-0.2, -0.15) is 0 Å². The lowest BCUT2D eigenvalue weighted by Gasteiger charge is -2.41. The normalized spacial score (nSPS) is 25.2.